The first-order valence-electron chi connectivity index (χ1n) is 8.13. The van der Waals surface area contributed by atoms with Gasteiger partial charge in [0.15, 0.2) is 5.82 Å². The quantitative estimate of drug-likeness (QED) is 0.734. The lowest BCUT2D eigenvalue weighted by Crippen LogP contribution is -2.27. The normalized spacial score (nSPS) is 18.3. The second-order valence-corrected chi connectivity index (χ2v) is 6.32. The topological polar surface area (TPSA) is 72.9 Å². The Kier molecular flexibility index (Phi) is 3.86. The zero-order valence-corrected chi connectivity index (χ0v) is 13.9. The first-order valence-corrected chi connectivity index (χ1v) is 8.13. The van der Waals surface area contributed by atoms with E-state index in [0.29, 0.717) is 11.7 Å². The SMILES string of the molecule is Cc1cccc(CN2Cc3ccnn3CC(c3nc(C)no3)C2)n1. The molecule has 0 saturated carbocycles. The molecule has 7 nitrogen and oxygen atoms in total. The molecule has 0 aromatic carbocycles. The maximum atomic E-state index is 5.42. The number of rotatable bonds is 3. The average Bonchev–Trinajstić information content (AvgIpc) is 3.13. The summed E-state index contributed by atoms with van der Waals surface area (Å²) in [4.78, 5) is 11.4. The third kappa shape index (κ3) is 3.07. The van der Waals surface area contributed by atoms with E-state index >= 15 is 0 Å². The Morgan fingerprint density at radius 2 is 2.08 bits per heavy atom. The van der Waals surface area contributed by atoms with Crippen molar-refractivity contribution in [3.05, 3.63) is 59.3 Å². The molecule has 0 aliphatic carbocycles. The summed E-state index contributed by atoms with van der Waals surface area (Å²) < 4.78 is 7.46. The van der Waals surface area contributed by atoms with Crippen LogP contribution in [0.2, 0.25) is 0 Å². The van der Waals surface area contributed by atoms with Crippen molar-refractivity contribution >= 4 is 0 Å². The molecule has 24 heavy (non-hydrogen) atoms. The molecule has 4 rings (SSSR count). The lowest BCUT2D eigenvalue weighted by Gasteiger charge is -2.21. The highest BCUT2D eigenvalue weighted by Crippen LogP contribution is 2.24. The van der Waals surface area contributed by atoms with Crippen LogP contribution >= 0.6 is 0 Å². The number of fused-ring (bicyclic) bond motifs is 1. The minimum atomic E-state index is 0.122. The number of hydrogen-bond donors (Lipinski definition) is 0. The molecule has 3 aromatic heterocycles. The molecule has 4 heterocycles. The molecule has 3 aromatic rings. The lowest BCUT2D eigenvalue weighted by molar-refractivity contribution is 0.224. The Morgan fingerprint density at radius 3 is 2.88 bits per heavy atom. The molecule has 0 fully saturated rings. The van der Waals surface area contributed by atoms with Crippen molar-refractivity contribution in [3.63, 3.8) is 0 Å². The second kappa shape index (κ2) is 6.16. The summed E-state index contributed by atoms with van der Waals surface area (Å²) in [6.45, 7) is 7.07. The highest BCUT2D eigenvalue weighted by Gasteiger charge is 2.27. The minimum absolute atomic E-state index is 0.122. The van der Waals surface area contributed by atoms with Crippen LogP contribution in [0, 0.1) is 13.8 Å². The van der Waals surface area contributed by atoms with Crippen molar-refractivity contribution in [2.75, 3.05) is 6.54 Å². The van der Waals surface area contributed by atoms with Crippen LogP contribution in [0.15, 0.2) is 35.0 Å². The van der Waals surface area contributed by atoms with Crippen molar-refractivity contribution < 1.29 is 4.52 Å². The summed E-state index contributed by atoms with van der Waals surface area (Å²) in [5.74, 6) is 1.47. The molecular formula is C17H20N6O. The average molecular weight is 324 g/mol. The third-order valence-electron chi connectivity index (χ3n) is 4.29. The number of nitrogens with zero attached hydrogens (tertiary/aromatic N) is 6. The Morgan fingerprint density at radius 1 is 1.17 bits per heavy atom. The summed E-state index contributed by atoms with van der Waals surface area (Å²) >= 11 is 0. The standard InChI is InChI=1S/C17H20N6O/c1-12-4-3-5-15(19-12)10-22-8-14(17-20-13(2)21-24-17)9-23-16(11-22)6-7-18-23/h3-7,14H,8-11H2,1-2H3. The van der Waals surface area contributed by atoms with Gasteiger partial charge in [-0.2, -0.15) is 10.1 Å². The van der Waals surface area contributed by atoms with Crippen molar-refractivity contribution in [3.8, 4) is 0 Å². The molecule has 0 amide bonds. The fourth-order valence-corrected chi connectivity index (χ4v) is 3.20. The van der Waals surface area contributed by atoms with Crippen LogP contribution in [0.1, 0.15) is 34.7 Å². The van der Waals surface area contributed by atoms with Gasteiger partial charge in [0.1, 0.15) is 0 Å². The number of aromatic nitrogens is 5. The van der Waals surface area contributed by atoms with Crippen LogP contribution in [-0.4, -0.2) is 36.3 Å². The summed E-state index contributed by atoms with van der Waals surface area (Å²) in [6, 6.07) is 8.21. The largest absolute Gasteiger partial charge is 0.339 e. The van der Waals surface area contributed by atoms with Crippen molar-refractivity contribution in [2.45, 2.75) is 39.4 Å². The zero-order valence-electron chi connectivity index (χ0n) is 13.9. The summed E-state index contributed by atoms with van der Waals surface area (Å²) in [6.07, 6.45) is 1.85. The molecule has 124 valence electrons. The molecule has 0 bridgehead atoms. The van der Waals surface area contributed by atoms with Gasteiger partial charge >= 0.3 is 0 Å². The molecule has 0 N–H and O–H groups in total. The predicted octanol–water partition coefficient (Wildman–Crippen LogP) is 2.08. The predicted molar refractivity (Wildman–Crippen MR) is 87.1 cm³/mol. The van der Waals surface area contributed by atoms with Gasteiger partial charge < -0.3 is 4.52 Å². The highest BCUT2D eigenvalue weighted by molar-refractivity contribution is 5.11. The molecular weight excluding hydrogens is 304 g/mol. The molecule has 0 spiro atoms. The molecule has 1 aliphatic heterocycles. The summed E-state index contributed by atoms with van der Waals surface area (Å²) in [5.41, 5.74) is 3.31. The Hall–Kier alpha value is -2.54. The van der Waals surface area contributed by atoms with Gasteiger partial charge in [0, 0.05) is 31.5 Å². The van der Waals surface area contributed by atoms with E-state index in [9.17, 15) is 0 Å². The van der Waals surface area contributed by atoms with E-state index in [1.807, 2.05) is 30.8 Å². The van der Waals surface area contributed by atoms with Crippen LogP contribution in [-0.2, 0) is 19.6 Å². The number of hydrogen-bond acceptors (Lipinski definition) is 6. The Labute approximate surface area is 140 Å². The van der Waals surface area contributed by atoms with E-state index in [1.165, 1.54) is 5.69 Å². The Bertz CT molecular complexity index is 839. The Balaban J connectivity index is 1.61. The lowest BCUT2D eigenvalue weighted by atomic mass is 10.1. The van der Waals surface area contributed by atoms with Gasteiger partial charge in [-0.15, -0.1) is 0 Å². The van der Waals surface area contributed by atoms with Crippen LogP contribution in [0.3, 0.4) is 0 Å². The number of aryl methyl sites for hydroxylation is 2. The fraction of sp³-hybridized carbons (Fsp3) is 0.412. The molecule has 1 unspecified atom stereocenters. The van der Waals surface area contributed by atoms with Crippen LogP contribution < -0.4 is 0 Å². The maximum Gasteiger partial charge on any atom is 0.232 e. The van der Waals surface area contributed by atoms with E-state index < -0.39 is 0 Å². The van der Waals surface area contributed by atoms with Crippen molar-refractivity contribution in [2.24, 2.45) is 0 Å². The van der Waals surface area contributed by atoms with E-state index in [0.717, 1.165) is 37.6 Å². The fourth-order valence-electron chi connectivity index (χ4n) is 3.20. The zero-order chi connectivity index (χ0) is 16.5. The van der Waals surface area contributed by atoms with Crippen molar-refractivity contribution in [1.29, 1.82) is 0 Å². The summed E-state index contributed by atoms with van der Waals surface area (Å²) in [5, 5.41) is 8.38. The maximum absolute atomic E-state index is 5.42. The molecule has 1 atom stereocenters. The molecule has 0 saturated heterocycles. The van der Waals surface area contributed by atoms with E-state index in [1.54, 1.807) is 0 Å². The van der Waals surface area contributed by atoms with Gasteiger partial charge in [-0.05, 0) is 32.0 Å². The van der Waals surface area contributed by atoms with E-state index in [-0.39, 0.29) is 5.92 Å². The monoisotopic (exact) mass is 324 g/mol. The van der Waals surface area contributed by atoms with Crippen LogP contribution in [0.25, 0.3) is 0 Å². The van der Waals surface area contributed by atoms with Gasteiger partial charge in [-0.1, -0.05) is 11.2 Å². The van der Waals surface area contributed by atoms with Gasteiger partial charge in [-0.25, -0.2) is 0 Å². The molecule has 1 aliphatic rings. The van der Waals surface area contributed by atoms with Gasteiger partial charge in [0.25, 0.3) is 0 Å². The highest BCUT2D eigenvalue weighted by atomic mass is 16.5. The second-order valence-electron chi connectivity index (χ2n) is 6.32. The third-order valence-corrected chi connectivity index (χ3v) is 4.29. The van der Waals surface area contributed by atoms with Crippen molar-refractivity contribution in [1.82, 2.24) is 29.8 Å². The van der Waals surface area contributed by atoms with Gasteiger partial charge in [0.05, 0.1) is 23.9 Å². The van der Waals surface area contributed by atoms with E-state index in [2.05, 4.69) is 43.3 Å². The van der Waals surface area contributed by atoms with Crippen LogP contribution in [0.4, 0.5) is 0 Å². The smallest absolute Gasteiger partial charge is 0.232 e. The van der Waals surface area contributed by atoms with Gasteiger partial charge in [-0.3, -0.25) is 14.6 Å². The van der Waals surface area contributed by atoms with Gasteiger partial charge in [0.2, 0.25) is 5.89 Å². The summed E-state index contributed by atoms with van der Waals surface area (Å²) in [7, 11) is 0. The first-order chi connectivity index (χ1) is 11.7. The number of pyridine rings is 1. The molecule has 7 heteroatoms. The van der Waals surface area contributed by atoms with Crippen LogP contribution in [0.5, 0.6) is 0 Å². The minimum Gasteiger partial charge on any atom is -0.339 e. The first kappa shape index (κ1) is 15.0. The van der Waals surface area contributed by atoms with E-state index in [4.69, 9.17) is 4.52 Å². The molecule has 0 radical (unpaired) electrons.